The molecule has 1 fully saturated rings. The molecule has 2 unspecified atom stereocenters. The van der Waals surface area contributed by atoms with E-state index < -0.39 is 4.87 Å². The molecule has 0 heterocycles. The second-order valence-corrected chi connectivity index (χ2v) is 5.36. The summed E-state index contributed by atoms with van der Waals surface area (Å²) in [5.74, 6) is 5.68. The zero-order valence-electron chi connectivity index (χ0n) is 10.1. The van der Waals surface area contributed by atoms with Gasteiger partial charge in [0.1, 0.15) is 11.0 Å². The summed E-state index contributed by atoms with van der Waals surface area (Å²) in [6.45, 7) is 2.73. The van der Waals surface area contributed by atoms with Crippen LogP contribution in [0.2, 0.25) is 5.02 Å². The standard InChI is InChI=1S/C12H16Cl2N2O.ClH/c1-2-7-16(15)17-11-8-12(11,14)9-5-3-4-6-10(9)13;/h3-6,11H,2,7-8,15H2,1H3;1H. The van der Waals surface area contributed by atoms with Gasteiger partial charge in [-0.25, -0.2) is 5.84 Å². The van der Waals surface area contributed by atoms with Crippen molar-refractivity contribution in [1.29, 1.82) is 0 Å². The van der Waals surface area contributed by atoms with Crippen LogP contribution in [-0.2, 0) is 9.71 Å². The van der Waals surface area contributed by atoms with Crippen molar-refractivity contribution >= 4 is 35.6 Å². The predicted molar refractivity (Wildman–Crippen MR) is 76.9 cm³/mol. The van der Waals surface area contributed by atoms with Gasteiger partial charge in [0.05, 0.1) is 0 Å². The first-order chi connectivity index (χ1) is 8.08. The minimum absolute atomic E-state index is 0. The maximum absolute atomic E-state index is 6.49. The zero-order chi connectivity index (χ0) is 12.5. The van der Waals surface area contributed by atoms with Crippen LogP contribution in [0.1, 0.15) is 25.3 Å². The fraction of sp³-hybridized carbons (Fsp3) is 0.500. The number of alkyl halides is 1. The average Bonchev–Trinajstić information content (AvgIpc) is 2.91. The first kappa shape index (κ1) is 16.0. The smallest absolute Gasteiger partial charge is 0.106 e. The number of benzene rings is 1. The highest BCUT2D eigenvalue weighted by Crippen LogP contribution is 2.55. The minimum atomic E-state index is -0.524. The third kappa shape index (κ3) is 3.29. The molecule has 1 aromatic carbocycles. The topological polar surface area (TPSA) is 38.5 Å². The summed E-state index contributed by atoms with van der Waals surface area (Å²) in [4.78, 5) is 5.02. The first-order valence-corrected chi connectivity index (χ1v) is 6.46. The number of hydrogen-bond donors (Lipinski definition) is 1. The maximum Gasteiger partial charge on any atom is 0.106 e. The highest BCUT2D eigenvalue weighted by molar-refractivity contribution is 6.34. The van der Waals surface area contributed by atoms with E-state index in [-0.39, 0.29) is 18.5 Å². The van der Waals surface area contributed by atoms with Crippen molar-refractivity contribution in [2.45, 2.75) is 30.7 Å². The van der Waals surface area contributed by atoms with Crippen molar-refractivity contribution in [2.24, 2.45) is 5.84 Å². The Morgan fingerprint density at radius 1 is 1.50 bits per heavy atom. The van der Waals surface area contributed by atoms with Gasteiger partial charge >= 0.3 is 0 Å². The lowest BCUT2D eigenvalue weighted by Gasteiger charge is -2.17. The largest absolute Gasteiger partial charge is 0.279 e. The van der Waals surface area contributed by atoms with E-state index in [1.165, 1.54) is 5.17 Å². The molecule has 3 nitrogen and oxygen atoms in total. The molecule has 2 atom stereocenters. The Morgan fingerprint density at radius 3 is 2.78 bits per heavy atom. The minimum Gasteiger partial charge on any atom is -0.279 e. The number of halogens is 3. The first-order valence-electron chi connectivity index (χ1n) is 5.71. The van der Waals surface area contributed by atoms with Gasteiger partial charge < -0.3 is 0 Å². The van der Waals surface area contributed by atoms with Crippen molar-refractivity contribution in [3.8, 4) is 0 Å². The lowest BCUT2D eigenvalue weighted by Crippen LogP contribution is -2.34. The van der Waals surface area contributed by atoms with Gasteiger partial charge in [-0.05, 0) is 18.1 Å². The molecule has 1 aliphatic rings. The van der Waals surface area contributed by atoms with Crippen LogP contribution in [-0.4, -0.2) is 17.8 Å². The van der Waals surface area contributed by atoms with E-state index in [1.54, 1.807) is 0 Å². The second-order valence-electron chi connectivity index (χ2n) is 4.28. The van der Waals surface area contributed by atoms with Gasteiger partial charge in [-0.3, -0.25) is 4.84 Å². The molecule has 0 amide bonds. The molecule has 0 aliphatic heterocycles. The normalized spacial score (nSPS) is 25.9. The highest BCUT2D eigenvalue weighted by atomic mass is 35.5. The Balaban J connectivity index is 0.00000162. The van der Waals surface area contributed by atoms with Crippen LogP contribution in [0.3, 0.4) is 0 Å². The monoisotopic (exact) mass is 310 g/mol. The van der Waals surface area contributed by atoms with Crippen molar-refractivity contribution in [2.75, 3.05) is 6.54 Å². The molecule has 102 valence electrons. The molecule has 0 spiro atoms. The summed E-state index contributed by atoms with van der Waals surface area (Å²) in [5.41, 5.74) is 0.915. The van der Waals surface area contributed by atoms with Crippen LogP contribution in [0.4, 0.5) is 0 Å². The quantitative estimate of drug-likeness (QED) is 0.514. The third-order valence-corrected chi connectivity index (χ3v) is 3.79. The lowest BCUT2D eigenvalue weighted by molar-refractivity contribution is -0.175. The number of hydrazine groups is 1. The van der Waals surface area contributed by atoms with E-state index in [2.05, 4.69) is 0 Å². The molecule has 1 saturated carbocycles. The van der Waals surface area contributed by atoms with Gasteiger partial charge in [0.25, 0.3) is 0 Å². The van der Waals surface area contributed by atoms with E-state index in [4.69, 9.17) is 33.9 Å². The van der Waals surface area contributed by atoms with Gasteiger partial charge in [0.2, 0.25) is 0 Å². The molecular formula is C12H17Cl3N2O. The number of nitrogens with zero attached hydrogens (tertiary/aromatic N) is 1. The number of hydrogen-bond acceptors (Lipinski definition) is 3. The van der Waals surface area contributed by atoms with Crippen LogP contribution >= 0.6 is 35.6 Å². The van der Waals surface area contributed by atoms with Gasteiger partial charge in [-0.2, -0.15) is 0 Å². The SMILES string of the molecule is CCCN(N)OC1CC1(Cl)c1ccccc1Cl.Cl. The fourth-order valence-electron chi connectivity index (χ4n) is 1.85. The van der Waals surface area contributed by atoms with E-state index in [1.807, 2.05) is 31.2 Å². The van der Waals surface area contributed by atoms with Crippen LogP contribution in [0.25, 0.3) is 0 Å². The van der Waals surface area contributed by atoms with Crippen molar-refractivity contribution in [1.82, 2.24) is 5.17 Å². The van der Waals surface area contributed by atoms with Crippen LogP contribution in [0, 0.1) is 0 Å². The maximum atomic E-state index is 6.49. The van der Waals surface area contributed by atoms with Gasteiger partial charge in [0.15, 0.2) is 0 Å². The number of rotatable bonds is 5. The number of nitrogens with two attached hydrogens (primary N) is 1. The zero-order valence-corrected chi connectivity index (χ0v) is 12.4. The summed E-state index contributed by atoms with van der Waals surface area (Å²) >= 11 is 12.6. The Hall–Kier alpha value is -0.0300. The van der Waals surface area contributed by atoms with Gasteiger partial charge in [-0.1, -0.05) is 36.7 Å². The molecule has 0 saturated heterocycles. The van der Waals surface area contributed by atoms with Crippen molar-refractivity contribution in [3.63, 3.8) is 0 Å². The summed E-state index contributed by atoms with van der Waals surface area (Å²) < 4.78 is 0. The molecular weight excluding hydrogens is 295 g/mol. The lowest BCUT2D eigenvalue weighted by atomic mass is 10.1. The van der Waals surface area contributed by atoms with E-state index >= 15 is 0 Å². The Bertz CT molecular complexity index is 405. The molecule has 0 radical (unpaired) electrons. The van der Waals surface area contributed by atoms with Crippen LogP contribution < -0.4 is 5.84 Å². The molecule has 2 N–H and O–H groups in total. The Morgan fingerprint density at radius 2 is 2.17 bits per heavy atom. The fourth-order valence-corrected chi connectivity index (χ4v) is 2.55. The summed E-state index contributed by atoms with van der Waals surface area (Å²) in [6, 6.07) is 7.58. The third-order valence-electron chi connectivity index (χ3n) is 2.86. The molecule has 0 aromatic heterocycles. The second kappa shape index (κ2) is 6.42. The molecule has 0 bridgehead atoms. The molecule has 18 heavy (non-hydrogen) atoms. The van der Waals surface area contributed by atoms with Crippen LogP contribution in [0.5, 0.6) is 0 Å². The molecule has 1 aromatic rings. The average molecular weight is 312 g/mol. The van der Waals surface area contributed by atoms with E-state index in [0.29, 0.717) is 11.6 Å². The molecule has 6 heteroatoms. The van der Waals surface area contributed by atoms with Crippen LogP contribution in [0.15, 0.2) is 24.3 Å². The highest BCUT2D eigenvalue weighted by Gasteiger charge is 2.57. The Kier molecular flexibility index (Phi) is 5.71. The summed E-state index contributed by atoms with van der Waals surface area (Å²) in [5, 5.41) is 2.03. The van der Waals surface area contributed by atoms with Crippen molar-refractivity contribution in [3.05, 3.63) is 34.9 Å². The van der Waals surface area contributed by atoms with E-state index in [0.717, 1.165) is 18.4 Å². The Labute approximate surface area is 124 Å². The molecule has 1 aliphatic carbocycles. The van der Waals surface area contributed by atoms with E-state index in [9.17, 15) is 0 Å². The van der Waals surface area contributed by atoms with Gasteiger partial charge in [0, 0.05) is 18.0 Å². The summed E-state index contributed by atoms with van der Waals surface area (Å²) in [6.07, 6.45) is 1.57. The predicted octanol–water partition coefficient (Wildman–Crippen LogP) is 3.49. The van der Waals surface area contributed by atoms with Crippen molar-refractivity contribution < 1.29 is 4.84 Å². The number of hydroxylamine groups is 1. The van der Waals surface area contributed by atoms with Gasteiger partial charge in [-0.15, -0.1) is 29.2 Å². The molecule has 2 rings (SSSR count). The summed E-state index contributed by atoms with van der Waals surface area (Å²) in [7, 11) is 0.